The first kappa shape index (κ1) is 42.6. The second-order valence-corrected chi connectivity index (χ2v) is 17.1. The van der Waals surface area contributed by atoms with Crippen molar-refractivity contribution in [3.8, 4) is 0 Å². The van der Waals surface area contributed by atoms with Crippen LogP contribution in [0, 0.1) is 0 Å². The lowest BCUT2D eigenvalue weighted by atomic mass is 10.0. The third-order valence-electron chi connectivity index (χ3n) is 11.6. The largest absolute Gasteiger partial charge is 0.355 e. The van der Waals surface area contributed by atoms with E-state index in [-0.39, 0.29) is 0 Å². The average molecular weight is 838 g/mol. The van der Waals surface area contributed by atoms with Crippen molar-refractivity contribution in [3.05, 3.63) is 143 Å². The molecule has 0 atom stereocenters. The number of nitrogens with one attached hydrogen (secondary N) is 2. The Balaban J connectivity index is 0.000000143. The van der Waals surface area contributed by atoms with Crippen molar-refractivity contribution >= 4 is 90.5 Å². The standard InChI is InChI=1S/C28H41N.C20H14N4.C6H4N2S/c1-2-3-4-5-6-7-8-9-10-11-12-13-14-19-24-29-27-22-17-15-20-25(27)26-21-16-18-23-28(26)29;1-2-14-10-16-5-6-18(23-16)12-20-8-7-19(24-20)11-17-4-3-15(22-17)9-13(1)21-14;1-2-8-6-4-9-3-5(6)7-1/h15-18,20-23H,2-14,19,24H2,1H3;1-12,21,24H;1-4H. The van der Waals surface area contributed by atoms with Crippen molar-refractivity contribution in [1.82, 2.24) is 34.5 Å². The average Bonchev–Trinajstić information content (AvgIpc) is 4.18. The summed E-state index contributed by atoms with van der Waals surface area (Å²) in [5, 5.41) is 6.77. The van der Waals surface area contributed by atoms with Gasteiger partial charge in [-0.05, 0) is 91.4 Å². The number of aromatic amines is 2. The number of thiophene rings is 1. The molecule has 316 valence electrons. The van der Waals surface area contributed by atoms with E-state index in [1.54, 1.807) is 23.7 Å². The van der Waals surface area contributed by atoms with Crippen LogP contribution in [0.2, 0.25) is 0 Å². The highest BCUT2D eigenvalue weighted by Gasteiger charge is 2.09. The first-order chi connectivity index (χ1) is 30.7. The van der Waals surface area contributed by atoms with E-state index in [0.717, 1.165) is 62.4 Å². The van der Waals surface area contributed by atoms with Crippen LogP contribution in [-0.4, -0.2) is 34.5 Å². The quantitative estimate of drug-likeness (QED) is 0.101. The van der Waals surface area contributed by atoms with Crippen LogP contribution < -0.4 is 0 Å². The van der Waals surface area contributed by atoms with Gasteiger partial charge < -0.3 is 14.5 Å². The minimum absolute atomic E-state index is 0.939. The van der Waals surface area contributed by atoms with Gasteiger partial charge in [0, 0.05) is 73.6 Å². The van der Waals surface area contributed by atoms with Gasteiger partial charge in [-0.25, -0.2) is 9.97 Å². The summed E-state index contributed by atoms with van der Waals surface area (Å²) in [7, 11) is 0. The second-order valence-electron chi connectivity index (χ2n) is 16.4. The van der Waals surface area contributed by atoms with E-state index in [4.69, 9.17) is 0 Å². The molecule has 0 spiro atoms. The van der Waals surface area contributed by atoms with Crippen molar-refractivity contribution in [2.75, 3.05) is 0 Å². The summed E-state index contributed by atoms with van der Waals surface area (Å²) in [6, 6.07) is 34.1. The van der Waals surface area contributed by atoms with E-state index in [1.807, 2.05) is 59.3 Å². The zero-order chi connectivity index (χ0) is 42.2. The number of benzene rings is 2. The molecule has 2 aliphatic heterocycles. The maximum absolute atomic E-state index is 4.63. The number of para-hydroxylation sites is 2. The molecule has 8 heterocycles. The highest BCUT2D eigenvalue weighted by atomic mass is 32.1. The van der Waals surface area contributed by atoms with Crippen molar-refractivity contribution in [2.24, 2.45) is 0 Å². The lowest BCUT2D eigenvalue weighted by Gasteiger charge is -2.07. The Morgan fingerprint density at radius 1 is 0.452 bits per heavy atom. The van der Waals surface area contributed by atoms with E-state index in [1.165, 1.54) is 112 Å². The number of rotatable bonds is 15. The van der Waals surface area contributed by atoms with Crippen LogP contribution in [0.4, 0.5) is 0 Å². The highest BCUT2D eigenvalue weighted by molar-refractivity contribution is 7.09. The molecule has 8 heteroatoms. The monoisotopic (exact) mass is 837 g/mol. The topological polar surface area (TPSA) is 88.1 Å². The van der Waals surface area contributed by atoms with E-state index in [9.17, 15) is 0 Å². The fraction of sp³-hybridized carbons (Fsp3) is 0.296. The normalized spacial score (nSPS) is 11.8. The zero-order valence-corrected chi connectivity index (χ0v) is 36.9. The molecule has 0 radical (unpaired) electrons. The molecule has 6 aromatic heterocycles. The minimum Gasteiger partial charge on any atom is -0.355 e. The van der Waals surface area contributed by atoms with Gasteiger partial charge in [-0.1, -0.05) is 127 Å². The number of H-pyrrole nitrogens is 2. The van der Waals surface area contributed by atoms with Gasteiger partial charge in [-0.3, -0.25) is 9.97 Å². The van der Waals surface area contributed by atoms with Crippen molar-refractivity contribution < 1.29 is 0 Å². The van der Waals surface area contributed by atoms with Crippen molar-refractivity contribution in [3.63, 3.8) is 0 Å². The number of nitrogens with zero attached hydrogens (tertiary/aromatic N) is 5. The van der Waals surface area contributed by atoms with Crippen LogP contribution in [0.3, 0.4) is 0 Å². The summed E-state index contributed by atoms with van der Waals surface area (Å²) in [4.78, 5) is 24.2. The fourth-order valence-electron chi connectivity index (χ4n) is 8.36. The third kappa shape index (κ3) is 11.8. The summed E-state index contributed by atoms with van der Waals surface area (Å²) in [5.41, 5.74) is 12.6. The summed E-state index contributed by atoms with van der Waals surface area (Å²) >= 11 is 1.63. The number of fused-ring (bicyclic) bond motifs is 12. The molecule has 8 aromatic rings. The summed E-state index contributed by atoms with van der Waals surface area (Å²) in [6.45, 7) is 3.44. The zero-order valence-electron chi connectivity index (χ0n) is 36.1. The lowest BCUT2D eigenvalue weighted by molar-refractivity contribution is 0.528. The molecule has 8 bridgehead atoms. The van der Waals surface area contributed by atoms with Gasteiger partial charge in [0.25, 0.3) is 0 Å². The van der Waals surface area contributed by atoms with E-state index in [0.29, 0.717) is 0 Å². The SMILES string of the molecule is C1=Cc2cc3ccc(cc4nc(cc5ccc(cc1n2)[nH]5)C=C4)[nH]3.CCCCCCCCCCCCCCCCn1c2ccccc2c2ccccc21.c1cnc2cscc2n1. The third-order valence-corrected chi connectivity index (χ3v) is 12.3. The predicted molar refractivity (Wildman–Crippen MR) is 266 cm³/mol. The van der Waals surface area contributed by atoms with Crippen LogP contribution in [0.15, 0.2) is 120 Å². The molecule has 0 saturated heterocycles. The van der Waals surface area contributed by atoms with Gasteiger partial charge in [0.05, 0.1) is 33.8 Å². The molecular weight excluding hydrogens is 779 g/mol. The van der Waals surface area contributed by atoms with Gasteiger partial charge in [0.15, 0.2) is 0 Å². The number of aryl methyl sites for hydroxylation is 1. The van der Waals surface area contributed by atoms with Crippen molar-refractivity contribution in [1.29, 1.82) is 0 Å². The van der Waals surface area contributed by atoms with Crippen LogP contribution in [-0.2, 0) is 6.54 Å². The van der Waals surface area contributed by atoms with Crippen LogP contribution in [0.1, 0.15) is 120 Å². The Bertz CT molecular complexity index is 2630. The molecular formula is C54H59N7S. The second kappa shape index (κ2) is 22.1. The highest BCUT2D eigenvalue weighted by Crippen LogP contribution is 2.29. The number of hydrogen-bond acceptors (Lipinski definition) is 5. The molecule has 2 aromatic carbocycles. The van der Waals surface area contributed by atoms with E-state index >= 15 is 0 Å². The first-order valence-electron chi connectivity index (χ1n) is 22.8. The van der Waals surface area contributed by atoms with Gasteiger partial charge in [-0.15, -0.1) is 11.3 Å². The molecule has 10 rings (SSSR count). The van der Waals surface area contributed by atoms with E-state index < -0.39 is 0 Å². The smallest absolute Gasteiger partial charge is 0.0993 e. The predicted octanol–water partition coefficient (Wildman–Crippen LogP) is 15.6. The van der Waals surface area contributed by atoms with Gasteiger partial charge in [-0.2, -0.15) is 0 Å². The summed E-state index contributed by atoms with van der Waals surface area (Å²) < 4.78 is 2.53. The van der Waals surface area contributed by atoms with Crippen LogP contribution in [0.5, 0.6) is 0 Å². The van der Waals surface area contributed by atoms with E-state index in [2.05, 4.69) is 114 Å². The Morgan fingerprint density at radius 2 is 0.823 bits per heavy atom. The maximum atomic E-state index is 4.63. The number of aromatic nitrogens is 7. The van der Waals surface area contributed by atoms with Crippen LogP contribution in [0.25, 0.3) is 79.2 Å². The van der Waals surface area contributed by atoms with Gasteiger partial charge >= 0.3 is 0 Å². The summed E-state index contributed by atoms with van der Waals surface area (Å²) in [5.74, 6) is 0. The summed E-state index contributed by atoms with van der Waals surface area (Å²) in [6.07, 6.45) is 31.4. The molecule has 0 amide bonds. The van der Waals surface area contributed by atoms with Gasteiger partial charge in [0.1, 0.15) is 0 Å². The molecule has 0 aliphatic carbocycles. The number of hydrogen-bond donors (Lipinski definition) is 2. The maximum Gasteiger partial charge on any atom is 0.0993 e. The first-order valence-corrected chi connectivity index (χ1v) is 23.8. The molecule has 0 saturated carbocycles. The molecule has 2 N–H and O–H groups in total. The Morgan fingerprint density at radius 3 is 1.23 bits per heavy atom. The Kier molecular flexibility index (Phi) is 15.2. The Hall–Kier alpha value is -6.12. The number of unbranched alkanes of at least 4 members (excludes halogenated alkanes) is 13. The molecule has 2 aliphatic rings. The van der Waals surface area contributed by atoms with Crippen molar-refractivity contribution in [2.45, 2.75) is 103 Å². The molecule has 0 unspecified atom stereocenters. The van der Waals surface area contributed by atoms with Gasteiger partial charge in [0.2, 0.25) is 0 Å². The molecule has 0 fully saturated rings. The molecule has 62 heavy (non-hydrogen) atoms. The minimum atomic E-state index is 0.939. The lowest BCUT2D eigenvalue weighted by Crippen LogP contribution is -1.97. The Labute approximate surface area is 369 Å². The molecule has 7 nitrogen and oxygen atoms in total. The van der Waals surface area contributed by atoms with Crippen LogP contribution >= 0.6 is 11.3 Å². The fourth-order valence-corrected chi connectivity index (χ4v) is 9.05.